The molecule has 3 rings (SSSR count). The first kappa shape index (κ1) is 28.4. The van der Waals surface area contributed by atoms with Gasteiger partial charge in [-0.3, -0.25) is 9.59 Å². The van der Waals surface area contributed by atoms with Crippen LogP contribution < -0.4 is 16.4 Å². The zero-order valence-electron chi connectivity index (χ0n) is 21.3. The van der Waals surface area contributed by atoms with Crippen molar-refractivity contribution in [1.29, 1.82) is 0 Å². The van der Waals surface area contributed by atoms with E-state index in [0.717, 1.165) is 0 Å². The van der Waals surface area contributed by atoms with Crippen LogP contribution in [0.25, 0.3) is 0 Å². The number of phenols is 2. The van der Waals surface area contributed by atoms with Crippen LogP contribution in [0.1, 0.15) is 31.8 Å². The molecular formula is C26H36N4O7. The summed E-state index contributed by atoms with van der Waals surface area (Å²) in [7, 11) is 3.84. The number of nitrogens with zero attached hydrogens (tertiary/aromatic N) is 1. The molecule has 0 aliphatic heterocycles. The summed E-state index contributed by atoms with van der Waals surface area (Å²) in [6.07, 6.45) is 0. The van der Waals surface area contributed by atoms with Crippen LogP contribution in [0.2, 0.25) is 0 Å². The first-order valence-electron chi connectivity index (χ1n) is 12.2. The third-order valence-electron chi connectivity index (χ3n) is 5.72. The van der Waals surface area contributed by atoms with Gasteiger partial charge < -0.3 is 45.7 Å². The van der Waals surface area contributed by atoms with E-state index in [9.17, 15) is 19.8 Å². The number of carbonyl (C=O) groups excluding carboxylic acids is 2. The van der Waals surface area contributed by atoms with Crippen LogP contribution in [0.3, 0.4) is 0 Å². The summed E-state index contributed by atoms with van der Waals surface area (Å²) in [6, 6.07) is 5.86. The summed E-state index contributed by atoms with van der Waals surface area (Å²) < 4.78 is 16.2. The average Bonchev–Trinajstić information content (AvgIpc) is 2.87. The van der Waals surface area contributed by atoms with E-state index in [2.05, 4.69) is 10.6 Å². The first-order valence-corrected chi connectivity index (χ1v) is 12.2. The van der Waals surface area contributed by atoms with Crippen molar-refractivity contribution in [1.82, 2.24) is 4.90 Å². The summed E-state index contributed by atoms with van der Waals surface area (Å²) in [5.74, 6) is -1.65. The van der Waals surface area contributed by atoms with E-state index in [1.54, 1.807) is 6.07 Å². The van der Waals surface area contributed by atoms with Gasteiger partial charge in [-0.1, -0.05) is 0 Å². The molecule has 202 valence electrons. The van der Waals surface area contributed by atoms with Gasteiger partial charge in [0.2, 0.25) is 11.6 Å². The zero-order chi connectivity index (χ0) is 26.8. The van der Waals surface area contributed by atoms with Crippen LogP contribution in [-0.2, 0) is 14.2 Å². The topological polar surface area (TPSA) is 156 Å². The third-order valence-corrected chi connectivity index (χ3v) is 5.72. The molecule has 37 heavy (non-hydrogen) atoms. The van der Waals surface area contributed by atoms with Crippen molar-refractivity contribution in [2.45, 2.75) is 0 Å². The number of benzene rings is 2. The number of fused-ring (bicyclic) bond motifs is 2. The van der Waals surface area contributed by atoms with Crippen LogP contribution in [0, 0.1) is 0 Å². The predicted octanol–water partition coefficient (Wildman–Crippen LogP) is 1.27. The highest BCUT2D eigenvalue weighted by Gasteiger charge is 2.37. The van der Waals surface area contributed by atoms with Crippen molar-refractivity contribution >= 4 is 22.9 Å². The molecule has 2 aromatic rings. The summed E-state index contributed by atoms with van der Waals surface area (Å²) >= 11 is 0. The van der Waals surface area contributed by atoms with E-state index in [-0.39, 0.29) is 33.8 Å². The smallest absolute Gasteiger partial charge is 0.200 e. The van der Waals surface area contributed by atoms with E-state index in [1.807, 2.05) is 19.0 Å². The molecule has 0 fully saturated rings. The number of likely N-dealkylation sites (N-methyl/N-ethyl adjacent to an activating group) is 1. The van der Waals surface area contributed by atoms with E-state index in [4.69, 9.17) is 19.9 Å². The Morgan fingerprint density at radius 2 is 1.16 bits per heavy atom. The zero-order valence-corrected chi connectivity index (χ0v) is 21.3. The molecule has 0 heterocycles. The summed E-state index contributed by atoms with van der Waals surface area (Å²) in [5.41, 5.74) is 6.06. The van der Waals surface area contributed by atoms with Crippen LogP contribution in [0.5, 0.6) is 11.5 Å². The second-order valence-corrected chi connectivity index (χ2v) is 8.71. The maximum absolute atomic E-state index is 13.5. The number of hydrogen-bond acceptors (Lipinski definition) is 11. The second-order valence-electron chi connectivity index (χ2n) is 8.71. The maximum atomic E-state index is 13.5. The van der Waals surface area contributed by atoms with Gasteiger partial charge in [0.25, 0.3) is 0 Å². The Labute approximate surface area is 216 Å². The number of ketones is 2. The Bertz CT molecular complexity index is 1090. The fraction of sp³-hybridized carbons (Fsp3) is 0.462. The predicted molar refractivity (Wildman–Crippen MR) is 140 cm³/mol. The SMILES string of the molecule is CN(C)CCNc1ccc(O)c2c1C(=O)c1c(O)ccc(NCCOCCOCCOCCN)c1C2=O. The Morgan fingerprint density at radius 1 is 0.703 bits per heavy atom. The fourth-order valence-electron chi connectivity index (χ4n) is 3.96. The molecule has 0 unspecified atom stereocenters. The lowest BCUT2D eigenvalue weighted by Gasteiger charge is -2.24. The lowest BCUT2D eigenvalue weighted by molar-refractivity contribution is 0.0179. The van der Waals surface area contributed by atoms with Gasteiger partial charge in [-0.25, -0.2) is 0 Å². The van der Waals surface area contributed by atoms with Gasteiger partial charge in [0.05, 0.1) is 61.9 Å². The van der Waals surface area contributed by atoms with Gasteiger partial charge >= 0.3 is 0 Å². The molecule has 1 aliphatic carbocycles. The molecule has 0 spiro atoms. The number of nitrogens with two attached hydrogens (primary N) is 1. The van der Waals surface area contributed by atoms with Gasteiger partial charge in [-0.05, 0) is 38.4 Å². The van der Waals surface area contributed by atoms with Gasteiger partial charge in [0.15, 0.2) is 0 Å². The number of hydrogen-bond donors (Lipinski definition) is 5. The Hall–Kier alpha value is -3.22. The average molecular weight is 517 g/mol. The van der Waals surface area contributed by atoms with Gasteiger partial charge in [0.1, 0.15) is 11.5 Å². The number of nitrogens with one attached hydrogen (secondary N) is 2. The quantitative estimate of drug-likeness (QED) is 0.138. The molecule has 0 amide bonds. The van der Waals surface area contributed by atoms with Gasteiger partial charge in [-0.15, -0.1) is 0 Å². The molecule has 0 saturated carbocycles. The first-order chi connectivity index (χ1) is 17.9. The summed E-state index contributed by atoms with van der Waals surface area (Å²) in [5, 5.41) is 27.3. The molecular weight excluding hydrogens is 480 g/mol. The lowest BCUT2D eigenvalue weighted by Crippen LogP contribution is -2.26. The maximum Gasteiger partial charge on any atom is 0.200 e. The minimum Gasteiger partial charge on any atom is -0.507 e. The number of rotatable bonds is 16. The van der Waals surface area contributed by atoms with Crippen molar-refractivity contribution in [3.8, 4) is 11.5 Å². The molecule has 0 bridgehead atoms. The van der Waals surface area contributed by atoms with Gasteiger partial charge in [0, 0.05) is 37.6 Å². The number of aromatic hydroxyl groups is 2. The summed E-state index contributed by atoms with van der Waals surface area (Å²) in [4.78, 5) is 29.0. The van der Waals surface area contributed by atoms with E-state index < -0.39 is 11.6 Å². The van der Waals surface area contributed by atoms with E-state index >= 15 is 0 Å². The van der Waals surface area contributed by atoms with Crippen molar-refractivity contribution in [2.75, 3.05) is 90.5 Å². The standard InChI is InChI=1S/C26H36N4O7/c1-30(2)10-8-28-17-3-5-19(31)23-21(17)25(33)24-20(32)6-4-18(22(24)26(23)34)29-9-12-36-14-16-37-15-13-35-11-7-27/h3-6,28-29,31-32H,7-16,27H2,1-2H3. The normalized spacial score (nSPS) is 12.5. The summed E-state index contributed by atoms with van der Waals surface area (Å²) in [6.45, 7) is 4.61. The molecule has 0 aromatic heterocycles. The van der Waals surface area contributed by atoms with Crippen LogP contribution in [0.15, 0.2) is 24.3 Å². The minimum absolute atomic E-state index is 0.0269. The number of phenolic OH excluding ortho intramolecular Hbond substituents is 2. The molecule has 6 N–H and O–H groups in total. The second kappa shape index (κ2) is 13.9. The minimum atomic E-state index is -0.539. The largest absolute Gasteiger partial charge is 0.507 e. The molecule has 0 radical (unpaired) electrons. The van der Waals surface area contributed by atoms with E-state index in [0.29, 0.717) is 77.2 Å². The number of ether oxygens (including phenoxy) is 3. The highest BCUT2D eigenvalue weighted by atomic mass is 16.5. The Balaban J connectivity index is 1.66. The Morgan fingerprint density at radius 3 is 1.65 bits per heavy atom. The number of anilines is 2. The molecule has 0 atom stereocenters. The number of carbonyl (C=O) groups is 2. The molecule has 1 aliphatic rings. The van der Waals surface area contributed by atoms with Crippen molar-refractivity contribution in [2.24, 2.45) is 5.73 Å². The highest BCUT2D eigenvalue weighted by Crippen LogP contribution is 2.42. The van der Waals surface area contributed by atoms with Gasteiger partial charge in [-0.2, -0.15) is 0 Å². The van der Waals surface area contributed by atoms with Crippen molar-refractivity contribution in [3.63, 3.8) is 0 Å². The third kappa shape index (κ3) is 7.18. The molecule has 0 saturated heterocycles. The van der Waals surface area contributed by atoms with Crippen LogP contribution in [0.4, 0.5) is 11.4 Å². The van der Waals surface area contributed by atoms with Crippen molar-refractivity contribution < 1.29 is 34.0 Å². The highest BCUT2D eigenvalue weighted by molar-refractivity contribution is 6.33. The van der Waals surface area contributed by atoms with Crippen molar-refractivity contribution in [3.05, 3.63) is 46.5 Å². The van der Waals surface area contributed by atoms with Crippen LogP contribution >= 0.6 is 0 Å². The monoisotopic (exact) mass is 516 g/mol. The molecule has 11 heteroatoms. The molecule has 2 aromatic carbocycles. The Kier molecular flexibility index (Phi) is 10.7. The fourth-order valence-corrected chi connectivity index (χ4v) is 3.96. The van der Waals surface area contributed by atoms with Crippen LogP contribution in [-0.4, -0.2) is 107 Å². The molecule has 11 nitrogen and oxygen atoms in total. The van der Waals surface area contributed by atoms with E-state index in [1.165, 1.54) is 18.2 Å². The lowest BCUT2D eigenvalue weighted by atomic mass is 9.81.